The van der Waals surface area contributed by atoms with Gasteiger partial charge < -0.3 is 19.7 Å². The van der Waals surface area contributed by atoms with Crippen LogP contribution in [0.3, 0.4) is 0 Å². The van der Waals surface area contributed by atoms with E-state index in [4.69, 9.17) is 9.47 Å². The van der Waals surface area contributed by atoms with Crippen molar-refractivity contribution >= 4 is 17.5 Å². The Morgan fingerprint density at radius 3 is 2.39 bits per heavy atom. The summed E-state index contributed by atoms with van der Waals surface area (Å²) in [6, 6.07) is 21.4. The Balaban J connectivity index is 1.39. The Morgan fingerprint density at radius 2 is 1.71 bits per heavy atom. The third-order valence-corrected chi connectivity index (χ3v) is 7.50. The zero-order valence-corrected chi connectivity index (χ0v) is 22.3. The van der Waals surface area contributed by atoms with Gasteiger partial charge in [0.1, 0.15) is 17.5 Å². The van der Waals surface area contributed by atoms with Gasteiger partial charge in [-0.1, -0.05) is 54.6 Å². The fraction of sp³-hybridized carbons (Fsp3) is 0.355. The monoisotopic (exact) mass is 513 g/mol. The van der Waals surface area contributed by atoms with E-state index in [1.165, 1.54) is 17.7 Å². The van der Waals surface area contributed by atoms with Crippen molar-refractivity contribution in [3.8, 4) is 22.6 Å². The Kier molecular flexibility index (Phi) is 7.65. The first-order valence-corrected chi connectivity index (χ1v) is 13.3. The molecule has 7 heteroatoms. The molecule has 38 heavy (non-hydrogen) atoms. The van der Waals surface area contributed by atoms with E-state index in [9.17, 15) is 9.59 Å². The highest BCUT2D eigenvalue weighted by Crippen LogP contribution is 2.39. The number of hydrogen-bond acceptors (Lipinski definition) is 5. The summed E-state index contributed by atoms with van der Waals surface area (Å²) in [5.41, 5.74) is 4.79. The third kappa shape index (κ3) is 5.38. The predicted molar refractivity (Wildman–Crippen MR) is 149 cm³/mol. The fourth-order valence-corrected chi connectivity index (χ4v) is 5.35. The van der Waals surface area contributed by atoms with E-state index in [1.807, 2.05) is 31.2 Å². The lowest BCUT2D eigenvalue weighted by molar-refractivity contribution is -0.128. The zero-order chi connectivity index (χ0) is 26.6. The summed E-state index contributed by atoms with van der Waals surface area (Å²) < 4.78 is 11.2. The molecule has 0 aromatic heterocycles. The fourth-order valence-electron chi connectivity index (χ4n) is 5.35. The molecule has 0 saturated carbocycles. The lowest BCUT2D eigenvalue weighted by Crippen LogP contribution is -2.52. The first kappa shape index (κ1) is 25.8. The molecule has 2 heterocycles. The second-order valence-electron chi connectivity index (χ2n) is 10.1. The highest BCUT2D eigenvalue weighted by atomic mass is 16.5. The molecule has 1 saturated heterocycles. The van der Waals surface area contributed by atoms with Crippen LogP contribution in [-0.4, -0.2) is 56.1 Å². The van der Waals surface area contributed by atoms with E-state index < -0.39 is 6.04 Å². The van der Waals surface area contributed by atoms with Crippen molar-refractivity contribution in [2.45, 2.75) is 38.8 Å². The predicted octanol–water partition coefficient (Wildman–Crippen LogP) is 4.74. The van der Waals surface area contributed by atoms with Crippen molar-refractivity contribution < 1.29 is 19.1 Å². The van der Waals surface area contributed by atoms with Crippen LogP contribution in [0.1, 0.15) is 36.9 Å². The number of benzene rings is 3. The number of nitrogens with zero attached hydrogens (tertiary/aromatic N) is 2. The van der Waals surface area contributed by atoms with Crippen molar-refractivity contribution in [2.24, 2.45) is 0 Å². The molecule has 2 aliphatic rings. The Hall–Kier alpha value is -3.84. The molecule has 2 unspecified atom stereocenters. The molecular formula is C31H35N3O4. The molecule has 0 aliphatic carbocycles. The summed E-state index contributed by atoms with van der Waals surface area (Å²) >= 11 is 0. The van der Waals surface area contributed by atoms with E-state index in [2.05, 4.69) is 46.6 Å². The number of amides is 2. The number of carbonyl (C=O) groups excluding carboxylic acids is 2. The van der Waals surface area contributed by atoms with Gasteiger partial charge in [-0.15, -0.1) is 0 Å². The summed E-state index contributed by atoms with van der Waals surface area (Å²) in [6.45, 7) is 6.36. The molecule has 2 aliphatic heterocycles. The van der Waals surface area contributed by atoms with Crippen molar-refractivity contribution in [1.82, 2.24) is 10.2 Å². The first-order chi connectivity index (χ1) is 18.4. The number of hydrogen-bond donors (Lipinski definition) is 1. The number of carbonyl (C=O) groups is 2. The molecule has 2 atom stereocenters. The second-order valence-corrected chi connectivity index (χ2v) is 10.1. The van der Waals surface area contributed by atoms with Gasteiger partial charge in [0, 0.05) is 12.6 Å². The lowest BCUT2D eigenvalue weighted by atomic mass is 10.00. The summed E-state index contributed by atoms with van der Waals surface area (Å²) in [4.78, 5) is 30.6. The van der Waals surface area contributed by atoms with Gasteiger partial charge in [-0.2, -0.15) is 0 Å². The minimum Gasteiger partial charge on any atom is -0.496 e. The topological polar surface area (TPSA) is 71.1 Å². The van der Waals surface area contributed by atoms with E-state index in [0.717, 1.165) is 41.9 Å². The number of nitrogens with one attached hydrogen (secondary N) is 1. The second kappa shape index (κ2) is 11.3. The highest BCUT2D eigenvalue weighted by molar-refractivity contribution is 6.04. The van der Waals surface area contributed by atoms with Gasteiger partial charge in [-0.25, -0.2) is 0 Å². The van der Waals surface area contributed by atoms with Crippen LogP contribution >= 0.6 is 0 Å². The van der Waals surface area contributed by atoms with Gasteiger partial charge in [-0.05, 0) is 68.1 Å². The van der Waals surface area contributed by atoms with E-state index in [0.29, 0.717) is 17.2 Å². The molecule has 3 aromatic carbocycles. The van der Waals surface area contributed by atoms with Crippen LogP contribution in [0.25, 0.3) is 11.1 Å². The average molecular weight is 514 g/mol. The maximum atomic E-state index is 13.7. The minimum atomic E-state index is -0.720. The smallest absolute Gasteiger partial charge is 0.265 e. The van der Waals surface area contributed by atoms with Crippen LogP contribution in [0, 0.1) is 6.92 Å². The summed E-state index contributed by atoms with van der Waals surface area (Å²) in [7, 11) is 1.59. The van der Waals surface area contributed by atoms with Gasteiger partial charge in [-0.3, -0.25) is 14.5 Å². The highest BCUT2D eigenvalue weighted by Gasteiger charge is 2.35. The van der Waals surface area contributed by atoms with Crippen LogP contribution in [0.4, 0.5) is 5.69 Å². The molecule has 1 fully saturated rings. The molecule has 198 valence electrons. The molecule has 0 radical (unpaired) electrons. The summed E-state index contributed by atoms with van der Waals surface area (Å²) in [5, 5.41) is 3.26. The van der Waals surface area contributed by atoms with E-state index in [-0.39, 0.29) is 24.5 Å². The van der Waals surface area contributed by atoms with Crippen molar-refractivity contribution in [3.63, 3.8) is 0 Å². The average Bonchev–Trinajstić information content (AvgIpc) is 3.46. The lowest BCUT2D eigenvalue weighted by Gasteiger charge is -2.35. The molecule has 2 amide bonds. The van der Waals surface area contributed by atoms with Gasteiger partial charge in [0.25, 0.3) is 5.91 Å². The maximum absolute atomic E-state index is 13.7. The summed E-state index contributed by atoms with van der Waals surface area (Å²) in [6.07, 6.45) is 2.34. The normalized spacial score (nSPS) is 16.9. The standard InChI is InChI=1S/C31H35N3O4/c1-21-17-29-27(18-28(21)37-3)34(30(35)20-38-29)22(2)31(36)32-26(19-33-15-7-8-16-33)25-13-11-24(12-14-25)23-9-5-4-6-10-23/h4-6,9-14,17-18,22,26H,7-8,15-16,19-20H2,1-3H3,(H,32,36). The molecule has 0 spiro atoms. The number of methoxy groups -OCH3 is 1. The van der Waals surface area contributed by atoms with Crippen molar-refractivity contribution in [2.75, 3.05) is 38.3 Å². The molecule has 1 N–H and O–H groups in total. The van der Waals surface area contributed by atoms with Crippen LogP contribution in [0.5, 0.6) is 11.5 Å². The van der Waals surface area contributed by atoms with Crippen LogP contribution < -0.4 is 19.7 Å². The number of ether oxygens (including phenoxy) is 2. The molecule has 7 nitrogen and oxygen atoms in total. The number of likely N-dealkylation sites (tertiary alicyclic amines) is 1. The van der Waals surface area contributed by atoms with Gasteiger partial charge in [0.05, 0.1) is 18.8 Å². The summed E-state index contributed by atoms with van der Waals surface area (Å²) in [5.74, 6) is 0.758. The molecular weight excluding hydrogens is 478 g/mol. The SMILES string of the molecule is COc1cc2c(cc1C)OCC(=O)N2C(C)C(=O)NC(CN1CCCC1)c1ccc(-c2ccccc2)cc1. The minimum absolute atomic E-state index is 0.103. The Morgan fingerprint density at radius 1 is 1.03 bits per heavy atom. The quantitative estimate of drug-likeness (QED) is 0.471. The maximum Gasteiger partial charge on any atom is 0.265 e. The van der Waals surface area contributed by atoms with Gasteiger partial charge >= 0.3 is 0 Å². The van der Waals surface area contributed by atoms with E-state index >= 15 is 0 Å². The number of anilines is 1. The van der Waals surface area contributed by atoms with Gasteiger partial charge in [0.2, 0.25) is 5.91 Å². The molecule has 3 aromatic rings. The number of rotatable bonds is 8. The largest absolute Gasteiger partial charge is 0.496 e. The Bertz CT molecular complexity index is 1290. The third-order valence-electron chi connectivity index (χ3n) is 7.50. The van der Waals surface area contributed by atoms with E-state index in [1.54, 1.807) is 20.1 Å². The van der Waals surface area contributed by atoms with Crippen LogP contribution in [-0.2, 0) is 9.59 Å². The molecule has 0 bridgehead atoms. The van der Waals surface area contributed by atoms with Gasteiger partial charge in [0.15, 0.2) is 6.61 Å². The zero-order valence-electron chi connectivity index (χ0n) is 22.3. The molecule has 5 rings (SSSR count). The van der Waals surface area contributed by atoms with Crippen LogP contribution in [0.2, 0.25) is 0 Å². The van der Waals surface area contributed by atoms with Crippen molar-refractivity contribution in [1.29, 1.82) is 0 Å². The van der Waals surface area contributed by atoms with Crippen LogP contribution in [0.15, 0.2) is 66.7 Å². The first-order valence-electron chi connectivity index (χ1n) is 13.3. The van der Waals surface area contributed by atoms with Crippen molar-refractivity contribution in [3.05, 3.63) is 77.9 Å². The number of fused-ring (bicyclic) bond motifs is 1. The number of aryl methyl sites for hydroxylation is 1. The Labute approximate surface area is 224 Å².